The summed E-state index contributed by atoms with van der Waals surface area (Å²) in [6.45, 7) is 2.65. The lowest BCUT2D eigenvalue weighted by molar-refractivity contribution is 0.432. The molecular formula is C15H21FIN3. The minimum Gasteiger partial charge on any atom is -0.356 e. The van der Waals surface area contributed by atoms with Crippen molar-refractivity contribution < 1.29 is 4.39 Å². The minimum absolute atomic E-state index is 0. The maximum Gasteiger partial charge on any atom is 0.191 e. The Morgan fingerprint density at radius 3 is 2.50 bits per heavy atom. The molecule has 0 aromatic heterocycles. The summed E-state index contributed by atoms with van der Waals surface area (Å²) in [5, 5.41) is 6.66. The topological polar surface area (TPSA) is 36.4 Å². The van der Waals surface area contributed by atoms with Crippen LogP contribution in [0.3, 0.4) is 0 Å². The van der Waals surface area contributed by atoms with Gasteiger partial charge in [-0.15, -0.1) is 24.0 Å². The molecule has 0 spiro atoms. The van der Waals surface area contributed by atoms with Crippen LogP contribution in [0.25, 0.3) is 0 Å². The smallest absolute Gasteiger partial charge is 0.191 e. The first-order valence-electron chi connectivity index (χ1n) is 7.07. The Balaban J connectivity index is 0.00000147. The molecule has 3 rings (SSSR count). The van der Waals surface area contributed by atoms with Gasteiger partial charge in [0.25, 0.3) is 0 Å². The van der Waals surface area contributed by atoms with Gasteiger partial charge in [-0.1, -0.05) is 25.0 Å². The molecule has 1 heterocycles. The first kappa shape index (κ1) is 15.5. The molecule has 0 bridgehead atoms. The number of rotatable bonds is 3. The first-order chi connectivity index (χ1) is 9.28. The molecule has 0 unspecified atom stereocenters. The van der Waals surface area contributed by atoms with E-state index >= 15 is 0 Å². The highest BCUT2D eigenvalue weighted by atomic mass is 127. The average Bonchev–Trinajstić information content (AvgIpc) is 3.09. The number of hydrogen-bond acceptors (Lipinski definition) is 3. The largest absolute Gasteiger partial charge is 0.356 e. The molecule has 0 atom stereocenters. The van der Waals surface area contributed by atoms with E-state index in [0.29, 0.717) is 0 Å². The third kappa shape index (κ3) is 3.24. The molecule has 20 heavy (non-hydrogen) atoms. The molecule has 2 aliphatic rings. The summed E-state index contributed by atoms with van der Waals surface area (Å²) in [5.74, 6) is 0.750. The van der Waals surface area contributed by atoms with Gasteiger partial charge in [-0.25, -0.2) is 4.39 Å². The van der Waals surface area contributed by atoms with Gasteiger partial charge in [0, 0.05) is 18.5 Å². The highest BCUT2D eigenvalue weighted by Crippen LogP contribution is 2.40. The van der Waals surface area contributed by atoms with Gasteiger partial charge < -0.3 is 10.6 Å². The number of aliphatic imine (C=N–C) groups is 1. The van der Waals surface area contributed by atoms with E-state index in [9.17, 15) is 4.39 Å². The summed E-state index contributed by atoms with van der Waals surface area (Å²) in [5.41, 5.74) is 1.39. The lowest BCUT2D eigenvalue weighted by Crippen LogP contribution is -2.43. The molecule has 5 heteroatoms. The lowest BCUT2D eigenvalue weighted by atomic mass is 9.79. The highest BCUT2D eigenvalue weighted by Gasteiger charge is 2.35. The number of hydrogen-bond donors (Lipinski definition) is 2. The molecule has 1 aliphatic carbocycles. The van der Waals surface area contributed by atoms with Crippen LogP contribution in [0.4, 0.5) is 4.39 Å². The van der Waals surface area contributed by atoms with Crippen LogP contribution in [0.2, 0.25) is 0 Å². The second kappa shape index (κ2) is 6.74. The van der Waals surface area contributed by atoms with E-state index in [2.05, 4.69) is 15.6 Å². The second-order valence-electron chi connectivity index (χ2n) is 5.50. The molecule has 1 aromatic rings. The van der Waals surface area contributed by atoms with Crippen molar-refractivity contribution in [3.8, 4) is 0 Å². The summed E-state index contributed by atoms with van der Waals surface area (Å²) in [6, 6.07) is 7.01. The van der Waals surface area contributed by atoms with E-state index < -0.39 is 0 Å². The third-order valence-electron chi connectivity index (χ3n) is 4.29. The predicted molar refractivity (Wildman–Crippen MR) is 90.3 cm³/mol. The van der Waals surface area contributed by atoms with E-state index in [0.717, 1.165) is 25.6 Å². The van der Waals surface area contributed by atoms with Gasteiger partial charge in [0.05, 0.1) is 6.54 Å². The zero-order valence-corrected chi connectivity index (χ0v) is 13.8. The zero-order valence-electron chi connectivity index (χ0n) is 11.5. The standard InChI is InChI=1S/C15H20FN3.HI/c16-13-5-3-12(4-6-13)15(7-1-2-8-15)11-19-14-17-9-10-18-14;/h3-6H,1-2,7-11H2,(H2,17,18,19);1H. The Hall–Kier alpha value is -0.850. The van der Waals surface area contributed by atoms with Gasteiger partial charge >= 0.3 is 0 Å². The van der Waals surface area contributed by atoms with Crippen LogP contribution >= 0.6 is 24.0 Å². The number of halogens is 2. The average molecular weight is 389 g/mol. The van der Waals surface area contributed by atoms with E-state index in [1.807, 2.05) is 12.1 Å². The van der Waals surface area contributed by atoms with E-state index in [1.54, 1.807) is 12.1 Å². The Labute approximate surface area is 136 Å². The highest BCUT2D eigenvalue weighted by molar-refractivity contribution is 14.0. The third-order valence-corrected chi connectivity index (χ3v) is 4.29. The van der Waals surface area contributed by atoms with Crippen LogP contribution in [0, 0.1) is 5.82 Å². The van der Waals surface area contributed by atoms with Crippen molar-refractivity contribution in [1.29, 1.82) is 0 Å². The second-order valence-corrected chi connectivity index (χ2v) is 5.50. The molecule has 1 fully saturated rings. The Morgan fingerprint density at radius 2 is 1.90 bits per heavy atom. The minimum atomic E-state index is -0.160. The molecule has 0 saturated heterocycles. The zero-order chi connectivity index (χ0) is 13.1. The van der Waals surface area contributed by atoms with Gasteiger partial charge in [0.2, 0.25) is 0 Å². The molecule has 3 nitrogen and oxygen atoms in total. The summed E-state index contributed by atoms with van der Waals surface area (Å²) < 4.78 is 13.1. The summed E-state index contributed by atoms with van der Waals surface area (Å²) >= 11 is 0. The lowest BCUT2D eigenvalue weighted by Gasteiger charge is -2.30. The summed E-state index contributed by atoms with van der Waals surface area (Å²) in [6.07, 6.45) is 4.83. The van der Waals surface area contributed by atoms with Gasteiger partial charge in [0.1, 0.15) is 5.82 Å². The predicted octanol–water partition coefficient (Wildman–Crippen LogP) is 2.80. The van der Waals surface area contributed by atoms with E-state index in [1.165, 1.54) is 31.2 Å². The monoisotopic (exact) mass is 389 g/mol. The molecule has 110 valence electrons. The molecule has 1 aliphatic heterocycles. The van der Waals surface area contributed by atoms with Crippen molar-refractivity contribution in [3.63, 3.8) is 0 Å². The molecular weight excluding hydrogens is 368 g/mol. The first-order valence-corrected chi connectivity index (χ1v) is 7.07. The van der Waals surface area contributed by atoms with Crippen molar-refractivity contribution in [2.75, 3.05) is 19.6 Å². The van der Waals surface area contributed by atoms with Crippen molar-refractivity contribution >= 4 is 29.9 Å². The van der Waals surface area contributed by atoms with Crippen LogP contribution in [-0.2, 0) is 5.41 Å². The summed E-state index contributed by atoms with van der Waals surface area (Å²) in [4.78, 5) is 4.37. The fraction of sp³-hybridized carbons (Fsp3) is 0.533. The quantitative estimate of drug-likeness (QED) is 0.781. The fourth-order valence-electron chi connectivity index (χ4n) is 3.19. The molecule has 1 aromatic carbocycles. The van der Waals surface area contributed by atoms with Gasteiger partial charge in [-0.2, -0.15) is 0 Å². The molecule has 2 N–H and O–H groups in total. The van der Waals surface area contributed by atoms with Gasteiger partial charge in [-0.05, 0) is 30.5 Å². The number of nitrogens with one attached hydrogen (secondary N) is 2. The van der Waals surface area contributed by atoms with Crippen LogP contribution in [-0.4, -0.2) is 25.6 Å². The molecule has 1 saturated carbocycles. The fourth-order valence-corrected chi connectivity index (χ4v) is 3.19. The number of guanidine groups is 1. The van der Waals surface area contributed by atoms with Crippen LogP contribution < -0.4 is 10.6 Å². The maximum atomic E-state index is 13.1. The van der Waals surface area contributed by atoms with Crippen molar-refractivity contribution in [2.45, 2.75) is 31.1 Å². The van der Waals surface area contributed by atoms with Crippen molar-refractivity contribution in [3.05, 3.63) is 35.6 Å². The molecule has 0 amide bonds. The summed E-state index contributed by atoms with van der Waals surface area (Å²) in [7, 11) is 0. The maximum absolute atomic E-state index is 13.1. The number of benzene rings is 1. The van der Waals surface area contributed by atoms with Gasteiger partial charge in [-0.3, -0.25) is 4.99 Å². The SMILES string of the molecule is Fc1ccc(C2(CNC3=NCCN3)CCCC2)cc1.I. The Kier molecular flexibility index (Phi) is 5.23. The Bertz CT molecular complexity index is 467. The van der Waals surface area contributed by atoms with Crippen molar-refractivity contribution in [1.82, 2.24) is 10.6 Å². The van der Waals surface area contributed by atoms with Crippen LogP contribution in [0.15, 0.2) is 29.3 Å². The van der Waals surface area contributed by atoms with Crippen LogP contribution in [0.1, 0.15) is 31.2 Å². The van der Waals surface area contributed by atoms with E-state index in [4.69, 9.17) is 0 Å². The molecule has 0 radical (unpaired) electrons. The van der Waals surface area contributed by atoms with Crippen LogP contribution in [0.5, 0.6) is 0 Å². The van der Waals surface area contributed by atoms with Gasteiger partial charge in [0.15, 0.2) is 5.96 Å². The normalized spacial score (nSPS) is 19.9. The Morgan fingerprint density at radius 1 is 1.20 bits per heavy atom. The van der Waals surface area contributed by atoms with E-state index in [-0.39, 0.29) is 35.2 Å². The van der Waals surface area contributed by atoms with Crippen molar-refractivity contribution in [2.24, 2.45) is 4.99 Å². The number of nitrogens with zero attached hydrogens (tertiary/aromatic N) is 1.